The highest BCUT2D eigenvalue weighted by Gasteiger charge is 2.33. The van der Waals surface area contributed by atoms with E-state index in [9.17, 15) is 28.8 Å². The number of aliphatic carboxylic acids is 2. The molecule has 0 aliphatic carbocycles. The number of hydrazine groups is 1. The van der Waals surface area contributed by atoms with Crippen LogP contribution in [0.15, 0.2) is 24.3 Å². The number of hydrogen-bond donors (Lipinski definition) is 2. The highest BCUT2D eigenvalue weighted by Crippen LogP contribution is 2.10. The molecule has 0 spiro atoms. The lowest BCUT2D eigenvalue weighted by Gasteiger charge is -2.30. The zero-order chi connectivity index (χ0) is 20.3. The van der Waals surface area contributed by atoms with Gasteiger partial charge in [0.15, 0.2) is 0 Å². The molecule has 0 rings (SSSR count). The van der Waals surface area contributed by atoms with Gasteiger partial charge in [0.2, 0.25) is 11.8 Å². The fourth-order valence-corrected chi connectivity index (χ4v) is 1.73. The van der Waals surface area contributed by atoms with E-state index in [4.69, 9.17) is 10.2 Å². The van der Waals surface area contributed by atoms with Crippen molar-refractivity contribution in [1.82, 2.24) is 10.0 Å². The Bertz CT molecular complexity index is 595. The predicted octanol–water partition coefficient (Wildman–Crippen LogP) is 0.494. The lowest BCUT2D eigenvalue weighted by molar-refractivity contribution is -0.176. The maximum absolute atomic E-state index is 12.3. The molecule has 4 amide bonds. The summed E-state index contributed by atoms with van der Waals surface area (Å²) in [6.45, 7) is 3.25. The molecule has 0 atom stereocenters. The number of carboxylic acids is 2. The van der Waals surface area contributed by atoms with E-state index in [1.54, 1.807) is 13.8 Å². The molecule has 2 N–H and O–H groups in total. The molecule has 0 bridgehead atoms. The number of hydrogen-bond acceptors (Lipinski definition) is 6. The second kappa shape index (κ2) is 11.3. The molecular formula is C16H20N2O8. The molecule has 0 saturated carbocycles. The third kappa shape index (κ3) is 7.51. The highest BCUT2D eigenvalue weighted by molar-refractivity contribution is 6.10. The van der Waals surface area contributed by atoms with E-state index in [-0.39, 0.29) is 22.9 Å². The molecule has 0 unspecified atom stereocenters. The first-order chi connectivity index (χ1) is 12.1. The second-order valence-corrected chi connectivity index (χ2v) is 4.93. The van der Waals surface area contributed by atoms with Crippen LogP contribution in [0.4, 0.5) is 0 Å². The summed E-state index contributed by atoms with van der Waals surface area (Å²) in [5.41, 5.74) is 0. The van der Waals surface area contributed by atoms with Crippen molar-refractivity contribution < 1.29 is 39.0 Å². The van der Waals surface area contributed by atoms with E-state index in [2.05, 4.69) is 0 Å². The maximum atomic E-state index is 12.3. The van der Waals surface area contributed by atoms with Crippen molar-refractivity contribution in [2.45, 2.75) is 39.5 Å². The molecule has 0 aromatic heterocycles. The summed E-state index contributed by atoms with van der Waals surface area (Å²) in [5.74, 6) is -7.18. The van der Waals surface area contributed by atoms with Crippen LogP contribution in [0.2, 0.25) is 0 Å². The Hall–Kier alpha value is -3.30. The number of rotatable bonds is 8. The van der Waals surface area contributed by atoms with Gasteiger partial charge in [-0.25, -0.2) is 9.59 Å². The van der Waals surface area contributed by atoms with Crippen LogP contribution < -0.4 is 0 Å². The van der Waals surface area contributed by atoms with Crippen LogP contribution in [0.1, 0.15) is 39.5 Å². The first kappa shape index (κ1) is 22.7. The molecule has 10 nitrogen and oxygen atoms in total. The Morgan fingerprint density at radius 3 is 1.19 bits per heavy atom. The molecule has 142 valence electrons. The third-order valence-corrected chi connectivity index (χ3v) is 2.75. The minimum Gasteiger partial charge on any atom is -0.478 e. The van der Waals surface area contributed by atoms with Crippen molar-refractivity contribution in [3.63, 3.8) is 0 Å². The fraction of sp³-hybridized carbons (Fsp3) is 0.375. The molecular weight excluding hydrogens is 348 g/mol. The van der Waals surface area contributed by atoms with Crippen molar-refractivity contribution in [3.05, 3.63) is 24.3 Å². The Balaban J connectivity index is 6.04. The molecule has 26 heavy (non-hydrogen) atoms. The standard InChI is InChI=1S/C16H20N2O8/c1-3-5-11(19)17(13(21)7-9-15(23)24)18(12(20)6-4-2)14(22)8-10-16(25)26/h7-10H,3-6H2,1-2H3,(H,23,24)(H,25,26)/b9-7-,10-8-. The molecule has 0 aromatic rings. The van der Waals surface area contributed by atoms with Gasteiger partial charge in [-0.3, -0.25) is 19.2 Å². The first-order valence-electron chi connectivity index (χ1n) is 7.71. The number of carboxylic acid groups (broad SMARTS) is 2. The summed E-state index contributed by atoms with van der Waals surface area (Å²) >= 11 is 0. The van der Waals surface area contributed by atoms with Gasteiger partial charge >= 0.3 is 11.9 Å². The van der Waals surface area contributed by atoms with Crippen LogP contribution >= 0.6 is 0 Å². The van der Waals surface area contributed by atoms with Crippen molar-refractivity contribution >= 4 is 35.6 Å². The molecule has 0 heterocycles. The number of imide groups is 2. The minimum atomic E-state index is -1.47. The van der Waals surface area contributed by atoms with Crippen LogP contribution in [0, 0.1) is 0 Å². The summed E-state index contributed by atoms with van der Waals surface area (Å²) < 4.78 is 0. The molecule has 0 radical (unpaired) electrons. The van der Waals surface area contributed by atoms with Crippen molar-refractivity contribution in [2.75, 3.05) is 0 Å². The predicted molar refractivity (Wildman–Crippen MR) is 87.1 cm³/mol. The van der Waals surface area contributed by atoms with E-state index in [0.29, 0.717) is 37.1 Å². The lowest BCUT2D eigenvalue weighted by atomic mass is 10.2. The zero-order valence-corrected chi connectivity index (χ0v) is 14.4. The second-order valence-electron chi connectivity index (χ2n) is 4.93. The van der Waals surface area contributed by atoms with E-state index in [1.165, 1.54) is 0 Å². The molecule has 0 aliphatic heterocycles. The van der Waals surface area contributed by atoms with Gasteiger partial charge in [-0.2, -0.15) is 10.0 Å². The minimum absolute atomic E-state index is 0.196. The van der Waals surface area contributed by atoms with Crippen molar-refractivity contribution in [2.24, 2.45) is 0 Å². The largest absolute Gasteiger partial charge is 0.478 e. The Morgan fingerprint density at radius 2 is 0.962 bits per heavy atom. The van der Waals surface area contributed by atoms with E-state index in [0.717, 1.165) is 0 Å². The van der Waals surface area contributed by atoms with E-state index in [1.807, 2.05) is 0 Å². The number of carbonyl (C=O) groups is 6. The summed E-state index contributed by atoms with van der Waals surface area (Å²) in [6.07, 6.45) is 2.15. The average Bonchev–Trinajstić information content (AvgIpc) is 2.55. The molecule has 0 aliphatic rings. The topological polar surface area (TPSA) is 149 Å². The van der Waals surface area contributed by atoms with Crippen LogP contribution in [0.3, 0.4) is 0 Å². The Labute approximate surface area is 149 Å². The third-order valence-electron chi connectivity index (χ3n) is 2.75. The summed E-state index contributed by atoms with van der Waals surface area (Å²) in [5, 5.41) is 17.7. The van der Waals surface area contributed by atoms with Crippen LogP contribution in [-0.4, -0.2) is 55.8 Å². The quantitative estimate of drug-likeness (QED) is 0.464. The van der Waals surface area contributed by atoms with Gasteiger partial charge < -0.3 is 10.2 Å². The smallest absolute Gasteiger partial charge is 0.328 e. The Kier molecular flexibility index (Phi) is 9.86. The van der Waals surface area contributed by atoms with Gasteiger partial charge in [0.05, 0.1) is 0 Å². The first-order valence-corrected chi connectivity index (χ1v) is 7.71. The number of carbonyl (C=O) groups excluding carboxylic acids is 4. The summed E-state index contributed by atoms with van der Waals surface area (Å²) in [4.78, 5) is 70.1. The van der Waals surface area contributed by atoms with Gasteiger partial charge in [-0.05, 0) is 12.8 Å². The number of amides is 4. The lowest BCUT2D eigenvalue weighted by Crippen LogP contribution is -2.54. The van der Waals surface area contributed by atoms with E-state index >= 15 is 0 Å². The van der Waals surface area contributed by atoms with Gasteiger partial charge in [0.1, 0.15) is 0 Å². The van der Waals surface area contributed by atoms with Gasteiger partial charge in [-0.1, -0.05) is 13.8 Å². The molecule has 10 heteroatoms. The summed E-state index contributed by atoms with van der Waals surface area (Å²) in [7, 11) is 0. The maximum Gasteiger partial charge on any atom is 0.328 e. The average molecular weight is 368 g/mol. The van der Waals surface area contributed by atoms with Crippen LogP contribution in [0.25, 0.3) is 0 Å². The highest BCUT2D eigenvalue weighted by atomic mass is 16.4. The molecule has 0 aromatic carbocycles. The van der Waals surface area contributed by atoms with Crippen LogP contribution in [0.5, 0.6) is 0 Å². The Morgan fingerprint density at radius 1 is 0.654 bits per heavy atom. The van der Waals surface area contributed by atoms with Crippen molar-refractivity contribution in [3.8, 4) is 0 Å². The zero-order valence-electron chi connectivity index (χ0n) is 14.4. The normalized spacial score (nSPS) is 10.7. The number of nitrogens with zero attached hydrogens (tertiary/aromatic N) is 2. The van der Waals surface area contributed by atoms with Crippen molar-refractivity contribution in [1.29, 1.82) is 0 Å². The van der Waals surface area contributed by atoms with Gasteiger partial charge in [0, 0.05) is 37.1 Å². The van der Waals surface area contributed by atoms with Gasteiger partial charge in [0.25, 0.3) is 11.8 Å². The van der Waals surface area contributed by atoms with Gasteiger partial charge in [-0.15, -0.1) is 0 Å². The van der Waals surface area contributed by atoms with E-state index < -0.39 is 35.6 Å². The van der Waals surface area contributed by atoms with Crippen LogP contribution in [-0.2, 0) is 28.8 Å². The SMILES string of the molecule is CCCC(=O)N(C(=O)/C=C\C(=O)O)N(C(=O)/C=C\C(=O)O)C(=O)CCC. The fourth-order valence-electron chi connectivity index (χ4n) is 1.73. The molecule has 0 saturated heterocycles. The molecule has 0 fully saturated rings. The summed E-state index contributed by atoms with van der Waals surface area (Å²) in [6, 6.07) is 0. The monoisotopic (exact) mass is 368 g/mol.